The zero-order chi connectivity index (χ0) is 23.0. The lowest BCUT2D eigenvalue weighted by molar-refractivity contribution is -0.126. The molecule has 0 bridgehead atoms. The van der Waals surface area contributed by atoms with Gasteiger partial charge in [0.2, 0.25) is 11.8 Å². The highest BCUT2D eigenvalue weighted by Gasteiger charge is 2.25. The van der Waals surface area contributed by atoms with Gasteiger partial charge in [0, 0.05) is 23.5 Å². The van der Waals surface area contributed by atoms with Crippen LogP contribution in [0.5, 0.6) is 5.75 Å². The third kappa shape index (κ3) is 6.11. The molecule has 33 heavy (non-hydrogen) atoms. The fourth-order valence-corrected chi connectivity index (χ4v) is 4.38. The molecule has 2 amide bonds. The average Bonchev–Trinajstić information content (AvgIpc) is 2.85. The number of piperidine rings is 1. The minimum Gasteiger partial charge on any atom is -0.497 e. The number of hydrogen-bond donors (Lipinski definition) is 2. The summed E-state index contributed by atoms with van der Waals surface area (Å²) in [5.41, 5.74) is 1.98. The van der Waals surface area contributed by atoms with Gasteiger partial charge in [0.1, 0.15) is 5.75 Å². The third-order valence-corrected chi connectivity index (χ3v) is 6.24. The number of carbonyl (C=O) groups excluding carboxylic acids is 2. The number of ether oxygens (including phenoxy) is 1. The van der Waals surface area contributed by atoms with Gasteiger partial charge < -0.3 is 15.4 Å². The first-order chi connectivity index (χ1) is 16.1. The van der Waals surface area contributed by atoms with E-state index in [1.165, 1.54) is 0 Å². The second kappa shape index (κ2) is 11.0. The number of carbonyl (C=O) groups is 2. The van der Waals surface area contributed by atoms with E-state index in [2.05, 4.69) is 15.5 Å². The first-order valence-electron chi connectivity index (χ1n) is 11.5. The summed E-state index contributed by atoms with van der Waals surface area (Å²) in [4.78, 5) is 27.3. The minimum absolute atomic E-state index is 0.00712. The SMILES string of the molecule is COc1cccc(CCNC(=O)C2CCN(CC(=O)Nc3cccc4ccccc34)CC2)c1. The Morgan fingerprint density at radius 1 is 1.00 bits per heavy atom. The maximum atomic E-state index is 12.6. The molecule has 6 heteroatoms. The van der Waals surface area contributed by atoms with Crippen molar-refractivity contribution in [2.45, 2.75) is 19.3 Å². The van der Waals surface area contributed by atoms with E-state index in [0.717, 1.165) is 60.1 Å². The van der Waals surface area contributed by atoms with Crippen molar-refractivity contribution in [3.05, 3.63) is 72.3 Å². The van der Waals surface area contributed by atoms with E-state index >= 15 is 0 Å². The molecule has 0 unspecified atom stereocenters. The first-order valence-corrected chi connectivity index (χ1v) is 11.5. The van der Waals surface area contributed by atoms with Crippen LogP contribution in [-0.4, -0.2) is 50.0 Å². The van der Waals surface area contributed by atoms with E-state index < -0.39 is 0 Å². The predicted octanol–water partition coefficient (Wildman–Crippen LogP) is 3.86. The van der Waals surface area contributed by atoms with Gasteiger partial charge in [-0.1, -0.05) is 48.5 Å². The number of nitrogens with zero attached hydrogens (tertiary/aromatic N) is 1. The summed E-state index contributed by atoms with van der Waals surface area (Å²) in [7, 11) is 1.65. The van der Waals surface area contributed by atoms with E-state index in [-0.39, 0.29) is 17.7 Å². The van der Waals surface area contributed by atoms with Crippen LogP contribution < -0.4 is 15.4 Å². The maximum Gasteiger partial charge on any atom is 0.238 e. The van der Waals surface area contributed by atoms with Crippen LogP contribution in [0.25, 0.3) is 10.8 Å². The topological polar surface area (TPSA) is 70.7 Å². The lowest BCUT2D eigenvalue weighted by atomic mass is 9.96. The van der Waals surface area contributed by atoms with Crippen LogP contribution >= 0.6 is 0 Å². The van der Waals surface area contributed by atoms with Crippen molar-refractivity contribution in [3.8, 4) is 5.75 Å². The molecule has 1 saturated heterocycles. The molecule has 3 aromatic carbocycles. The van der Waals surface area contributed by atoms with Crippen LogP contribution in [0.3, 0.4) is 0 Å². The van der Waals surface area contributed by atoms with E-state index in [1.807, 2.05) is 66.7 Å². The predicted molar refractivity (Wildman–Crippen MR) is 131 cm³/mol. The van der Waals surface area contributed by atoms with Crippen molar-refractivity contribution in [1.29, 1.82) is 0 Å². The van der Waals surface area contributed by atoms with Crippen molar-refractivity contribution in [2.24, 2.45) is 5.92 Å². The molecule has 172 valence electrons. The van der Waals surface area contributed by atoms with E-state index in [0.29, 0.717) is 13.1 Å². The molecule has 0 radical (unpaired) electrons. The van der Waals surface area contributed by atoms with Crippen LogP contribution in [0, 0.1) is 5.92 Å². The fourth-order valence-electron chi connectivity index (χ4n) is 4.38. The largest absolute Gasteiger partial charge is 0.497 e. The van der Waals surface area contributed by atoms with Crippen LogP contribution in [0.4, 0.5) is 5.69 Å². The number of hydrogen-bond acceptors (Lipinski definition) is 4. The van der Waals surface area contributed by atoms with Gasteiger partial charge in [-0.15, -0.1) is 0 Å². The molecule has 1 heterocycles. The molecule has 3 aromatic rings. The van der Waals surface area contributed by atoms with Gasteiger partial charge in [-0.2, -0.15) is 0 Å². The van der Waals surface area contributed by atoms with Gasteiger partial charge in [0.25, 0.3) is 0 Å². The molecule has 0 aromatic heterocycles. The molecule has 4 rings (SSSR count). The van der Waals surface area contributed by atoms with Gasteiger partial charge in [-0.05, 0) is 61.5 Å². The number of fused-ring (bicyclic) bond motifs is 1. The van der Waals surface area contributed by atoms with Crippen molar-refractivity contribution in [2.75, 3.05) is 38.6 Å². The lowest BCUT2D eigenvalue weighted by Crippen LogP contribution is -2.43. The number of amides is 2. The standard InChI is InChI=1S/C27H31N3O3/c1-33-23-9-4-6-20(18-23)12-15-28-27(32)22-13-16-30(17-14-22)19-26(31)29-25-11-5-8-21-7-2-3-10-24(21)25/h2-11,18,22H,12-17,19H2,1H3,(H,28,32)(H,29,31). The molecule has 0 spiro atoms. The smallest absolute Gasteiger partial charge is 0.238 e. The fraction of sp³-hybridized carbons (Fsp3) is 0.333. The summed E-state index contributed by atoms with van der Waals surface area (Å²) < 4.78 is 5.25. The Balaban J connectivity index is 1.20. The van der Waals surface area contributed by atoms with Crippen LogP contribution in [0.15, 0.2) is 66.7 Å². The molecule has 0 saturated carbocycles. The number of nitrogens with one attached hydrogen (secondary N) is 2. The first kappa shape index (κ1) is 22.8. The van der Waals surface area contributed by atoms with Crippen molar-refractivity contribution in [3.63, 3.8) is 0 Å². The monoisotopic (exact) mass is 445 g/mol. The number of likely N-dealkylation sites (tertiary alicyclic amines) is 1. The van der Waals surface area contributed by atoms with Crippen LogP contribution in [0.1, 0.15) is 18.4 Å². The van der Waals surface area contributed by atoms with Crippen molar-refractivity contribution >= 4 is 28.3 Å². The maximum absolute atomic E-state index is 12.6. The molecule has 0 aliphatic carbocycles. The minimum atomic E-state index is -0.0208. The normalized spacial score (nSPS) is 14.7. The number of anilines is 1. The van der Waals surface area contributed by atoms with Gasteiger partial charge >= 0.3 is 0 Å². The molecule has 1 aliphatic rings. The average molecular weight is 446 g/mol. The van der Waals surface area contributed by atoms with Crippen molar-refractivity contribution < 1.29 is 14.3 Å². The molecule has 1 fully saturated rings. The summed E-state index contributed by atoms with van der Waals surface area (Å²) in [5, 5.41) is 8.26. The summed E-state index contributed by atoms with van der Waals surface area (Å²) >= 11 is 0. The van der Waals surface area contributed by atoms with Gasteiger partial charge in [0.15, 0.2) is 0 Å². The molecular weight excluding hydrogens is 414 g/mol. The number of benzene rings is 3. The van der Waals surface area contributed by atoms with E-state index in [9.17, 15) is 9.59 Å². The van der Waals surface area contributed by atoms with Gasteiger partial charge in [-0.25, -0.2) is 0 Å². The Kier molecular flexibility index (Phi) is 7.58. The number of methoxy groups -OCH3 is 1. The molecule has 0 atom stereocenters. The molecule has 1 aliphatic heterocycles. The highest BCUT2D eigenvalue weighted by Crippen LogP contribution is 2.23. The summed E-state index contributed by atoms with van der Waals surface area (Å²) in [6.07, 6.45) is 2.31. The highest BCUT2D eigenvalue weighted by atomic mass is 16.5. The molecule has 6 nitrogen and oxygen atoms in total. The lowest BCUT2D eigenvalue weighted by Gasteiger charge is -2.30. The number of rotatable bonds is 8. The van der Waals surface area contributed by atoms with E-state index in [1.54, 1.807) is 7.11 Å². The van der Waals surface area contributed by atoms with Gasteiger partial charge in [0.05, 0.1) is 13.7 Å². The zero-order valence-corrected chi connectivity index (χ0v) is 19.0. The van der Waals surface area contributed by atoms with Crippen LogP contribution in [0.2, 0.25) is 0 Å². The quantitative estimate of drug-likeness (QED) is 0.552. The second-order valence-corrected chi connectivity index (χ2v) is 8.52. The molecular formula is C27H31N3O3. The third-order valence-electron chi connectivity index (χ3n) is 6.24. The van der Waals surface area contributed by atoms with Crippen LogP contribution in [-0.2, 0) is 16.0 Å². The van der Waals surface area contributed by atoms with Crippen molar-refractivity contribution in [1.82, 2.24) is 10.2 Å². The summed E-state index contributed by atoms with van der Waals surface area (Å²) in [5.74, 6) is 0.925. The second-order valence-electron chi connectivity index (χ2n) is 8.52. The Morgan fingerprint density at radius 2 is 1.76 bits per heavy atom. The summed E-state index contributed by atoms with van der Waals surface area (Å²) in [6, 6.07) is 21.9. The molecule has 2 N–H and O–H groups in total. The zero-order valence-electron chi connectivity index (χ0n) is 19.0. The Hall–Kier alpha value is -3.38. The Morgan fingerprint density at radius 3 is 2.58 bits per heavy atom. The van der Waals surface area contributed by atoms with E-state index in [4.69, 9.17) is 4.74 Å². The highest BCUT2D eigenvalue weighted by molar-refractivity contribution is 6.02. The summed E-state index contributed by atoms with van der Waals surface area (Å²) in [6.45, 7) is 2.45. The Bertz CT molecular complexity index is 1100. The Labute approximate surface area is 194 Å². The van der Waals surface area contributed by atoms with Gasteiger partial charge in [-0.3, -0.25) is 14.5 Å².